The van der Waals surface area contributed by atoms with Crippen molar-refractivity contribution in [3.8, 4) is 0 Å². The molecule has 1 aliphatic rings. The average molecular weight is 412 g/mol. The summed E-state index contributed by atoms with van der Waals surface area (Å²) < 4.78 is 1.73. The summed E-state index contributed by atoms with van der Waals surface area (Å²) in [6, 6.07) is 6.74. The monoisotopic (exact) mass is 411 g/mol. The molecule has 9 heteroatoms. The largest absolute Gasteiger partial charge is 0.345 e. The first kappa shape index (κ1) is 21.2. The molecule has 2 aromatic rings. The van der Waals surface area contributed by atoms with Gasteiger partial charge in [0.2, 0.25) is 0 Å². The van der Waals surface area contributed by atoms with E-state index in [-0.39, 0.29) is 24.2 Å². The Labute approximate surface area is 169 Å². The molecule has 1 saturated heterocycles. The Bertz CT molecular complexity index is 802. The third kappa shape index (κ3) is 4.26. The van der Waals surface area contributed by atoms with Crippen molar-refractivity contribution in [3.05, 3.63) is 47.2 Å². The van der Waals surface area contributed by atoms with Crippen molar-refractivity contribution in [2.24, 2.45) is 0 Å². The summed E-state index contributed by atoms with van der Waals surface area (Å²) in [4.78, 5) is 26.7. The van der Waals surface area contributed by atoms with Crippen molar-refractivity contribution < 1.29 is 9.59 Å². The topological polar surface area (TPSA) is 79.3 Å². The Morgan fingerprint density at radius 1 is 1.30 bits per heavy atom. The molecule has 0 saturated carbocycles. The number of amides is 2. The number of carbonyl (C=O) groups is 2. The van der Waals surface area contributed by atoms with E-state index in [4.69, 9.17) is 11.6 Å². The standard InChI is InChI=1S/C18H22ClN5O2.ClH/c1-23(2)16(25)14-5-4-13(12-15(14)19)22-17(26)18(6-9-20-10-7-18)24-11-3-8-21-24;/h3-5,8,11-12,20H,6-7,9-10H2,1-2H3,(H,22,26);1H. The number of carbonyl (C=O) groups excluding carboxylic acids is 2. The van der Waals surface area contributed by atoms with Gasteiger partial charge in [0, 0.05) is 32.2 Å². The molecule has 0 spiro atoms. The first-order valence-corrected chi connectivity index (χ1v) is 8.85. The molecular formula is C18H23Cl2N5O2. The maximum Gasteiger partial charge on any atom is 0.254 e. The molecule has 0 aliphatic carbocycles. The zero-order chi connectivity index (χ0) is 18.7. The van der Waals surface area contributed by atoms with E-state index in [2.05, 4.69) is 15.7 Å². The second-order valence-corrected chi connectivity index (χ2v) is 6.99. The van der Waals surface area contributed by atoms with Crippen molar-refractivity contribution >= 4 is 41.5 Å². The van der Waals surface area contributed by atoms with Crippen molar-refractivity contribution in [3.63, 3.8) is 0 Å². The third-order valence-electron chi connectivity index (χ3n) is 4.66. The highest BCUT2D eigenvalue weighted by Gasteiger charge is 2.42. The van der Waals surface area contributed by atoms with Crippen LogP contribution in [0.5, 0.6) is 0 Å². The summed E-state index contributed by atoms with van der Waals surface area (Å²) in [5, 5.41) is 10.8. The number of nitrogens with zero attached hydrogens (tertiary/aromatic N) is 3. The maximum atomic E-state index is 13.1. The zero-order valence-corrected chi connectivity index (χ0v) is 16.8. The molecule has 1 fully saturated rings. The number of nitrogens with one attached hydrogen (secondary N) is 2. The fraction of sp³-hybridized carbons (Fsp3) is 0.389. The van der Waals surface area contributed by atoms with E-state index in [0.717, 1.165) is 13.1 Å². The molecule has 146 valence electrons. The predicted molar refractivity (Wildman–Crippen MR) is 108 cm³/mol. The van der Waals surface area contributed by atoms with Gasteiger partial charge in [-0.05, 0) is 50.2 Å². The Hall–Kier alpha value is -2.09. The van der Waals surface area contributed by atoms with Gasteiger partial charge in [-0.25, -0.2) is 0 Å². The Balaban J connectivity index is 0.00000261. The van der Waals surface area contributed by atoms with Gasteiger partial charge in [0.15, 0.2) is 0 Å². The normalized spacial score (nSPS) is 15.5. The quantitative estimate of drug-likeness (QED) is 0.809. The fourth-order valence-electron chi connectivity index (χ4n) is 3.18. The SMILES string of the molecule is CN(C)C(=O)c1ccc(NC(=O)C2(n3cccn3)CCNCC2)cc1Cl.Cl. The minimum absolute atomic E-state index is 0. The number of benzene rings is 1. The van der Waals surface area contributed by atoms with Crippen LogP contribution in [0, 0.1) is 0 Å². The molecule has 2 N–H and O–H groups in total. The molecule has 27 heavy (non-hydrogen) atoms. The number of hydrogen-bond acceptors (Lipinski definition) is 4. The molecular weight excluding hydrogens is 389 g/mol. The number of piperidine rings is 1. The van der Waals surface area contributed by atoms with Crippen LogP contribution in [0.15, 0.2) is 36.7 Å². The lowest BCUT2D eigenvalue weighted by Gasteiger charge is -2.36. The maximum absolute atomic E-state index is 13.1. The summed E-state index contributed by atoms with van der Waals surface area (Å²) in [6.07, 6.45) is 4.78. The fourth-order valence-corrected chi connectivity index (χ4v) is 3.44. The lowest BCUT2D eigenvalue weighted by atomic mass is 9.87. The van der Waals surface area contributed by atoms with Gasteiger partial charge in [-0.2, -0.15) is 5.10 Å². The van der Waals surface area contributed by atoms with Gasteiger partial charge in [0.1, 0.15) is 5.54 Å². The van der Waals surface area contributed by atoms with Gasteiger partial charge < -0.3 is 15.5 Å². The second kappa shape index (κ2) is 8.73. The number of hydrogen-bond donors (Lipinski definition) is 2. The molecule has 7 nitrogen and oxygen atoms in total. The Morgan fingerprint density at radius 2 is 2.00 bits per heavy atom. The van der Waals surface area contributed by atoms with Gasteiger partial charge >= 0.3 is 0 Å². The predicted octanol–water partition coefficient (Wildman–Crippen LogP) is 2.38. The van der Waals surface area contributed by atoms with Crippen LogP contribution in [-0.4, -0.2) is 53.7 Å². The number of rotatable bonds is 4. The van der Waals surface area contributed by atoms with Gasteiger partial charge in [0.25, 0.3) is 11.8 Å². The first-order chi connectivity index (χ1) is 12.4. The summed E-state index contributed by atoms with van der Waals surface area (Å²) in [5.74, 6) is -0.315. The van der Waals surface area contributed by atoms with Crippen LogP contribution in [0.4, 0.5) is 5.69 Å². The van der Waals surface area contributed by atoms with E-state index < -0.39 is 5.54 Å². The van der Waals surface area contributed by atoms with Crippen LogP contribution >= 0.6 is 24.0 Å². The van der Waals surface area contributed by atoms with Gasteiger partial charge in [-0.15, -0.1) is 12.4 Å². The highest BCUT2D eigenvalue weighted by Crippen LogP contribution is 2.30. The molecule has 3 rings (SSSR count). The Morgan fingerprint density at radius 3 is 2.56 bits per heavy atom. The summed E-state index contributed by atoms with van der Waals surface area (Å²) in [5.41, 5.74) is 0.220. The minimum Gasteiger partial charge on any atom is -0.345 e. The lowest BCUT2D eigenvalue weighted by Crippen LogP contribution is -2.52. The molecule has 1 aromatic heterocycles. The number of aromatic nitrogens is 2. The van der Waals surface area contributed by atoms with Crippen LogP contribution in [0.3, 0.4) is 0 Å². The summed E-state index contributed by atoms with van der Waals surface area (Å²) in [6.45, 7) is 1.48. The zero-order valence-electron chi connectivity index (χ0n) is 15.2. The van der Waals surface area contributed by atoms with E-state index in [1.807, 2.05) is 12.3 Å². The van der Waals surface area contributed by atoms with Gasteiger partial charge in [0.05, 0.1) is 10.6 Å². The molecule has 2 amide bonds. The van der Waals surface area contributed by atoms with Crippen molar-refractivity contribution in [2.45, 2.75) is 18.4 Å². The van der Waals surface area contributed by atoms with Crippen LogP contribution in [-0.2, 0) is 10.3 Å². The average Bonchev–Trinajstić information content (AvgIpc) is 3.17. The van der Waals surface area contributed by atoms with E-state index in [1.165, 1.54) is 4.90 Å². The van der Waals surface area contributed by atoms with Crippen LogP contribution in [0.25, 0.3) is 0 Å². The van der Waals surface area contributed by atoms with Crippen molar-refractivity contribution in [1.82, 2.24) is 20.0 Å². The smallest absolute Gasteiger partial charge is 0.254 e. The molecule has 2 heterocycles. The van der Waals surface area contributed by atoms with E-state index >= 15 is 0 Å². The van der Waals surface area contributed by atoms with E-state index in [0.29, 0.717) is 29.1 Å². The molecule has 1 aromatic carbocycles. The summed E-state index contributed by atoms with van der Waals surface area (Å²) in [7, 11) is 3.33. The van der Waals surface area contributed by atoms with E-state index in [1.54, 1.807) is 43.2 Å². The van der Waals surface area contributed by atoms with E-state index in [9.17, 15) is 9.59 Å². The molecule has 0 bridgehead atoms. The first-order valence-electron chi connectivity index (χ1n) is 8.47. The molecule has 0 unspecified atom stereocenters. The van der Waals surface area contributed by atoms with Crippen LogP contribution in [0.1, 0.15) is 23.2 Å². The second-order valence-electron chi connectivity index (χ2n) is 6.58. The molecule has 0 radical (unpaired) electrons. The Kier molecular flexibility index (Phi) is 6.86. The van der Waals surface area contributed by atoms with Crippen molar-refractivity contribution in [1.29, 1.82) is 0 Å². The van der Waals surface area contributed by atoms with Crippen LogP contribution < -0.4 is 10.6 Å². The molecule has 0 atom stereocenters. The van der Waals surface area contributed by atoms with Gasteiger partial charge in [-0.1, -0.05) is 11.6 Å². The van der Waals surface area contributed by atoms with Crippen molar-refractivity contribution in [2.75, 3.05) is 32.5 Å². The summed E-state index contributed by atoms with van der Waals surface area (Å²) >= 11 is 6.25. The minimum atomic E-state index is -0.737. The van der Waals surface area contributed by atoms with Gasteiger partial charge in [-0.3, -0.25) is 14.3 Å². The molecule has 1 aliphatic heterocycles. The number of halogens is 2. The number of anilines is 1. The van der Waals surface area contributed by atoms with Crippen LogP contribution in [0.2, 0.25) is 5.02 Å². The lowest BCUT2D eigenvalue weighted by molar-refractivity contribution is -0.126. The highest BCUT2D eigenvalue weighted by molar-refractivity contribution is 6.34. The third-order valence-corrected chi connectivity index (χ3v) is 4.97. The highest BCUT2D eigenvalue weighted by atomic mass is 35.5.